The smallest absolute Gasteiger partial charge is 0.253 e. The third-order valence-corrected chi connectivity index (χ3v) is 7.50. The molecule has 2 aromatic rings. The third kappa shape index (κ3) is 6.33. The second-order valence-electron chi connectivity index (χ2n) is 9.21. The predicted octanol–water partition coefficient (Wildman–Crippen LogP) is 4.84. The molecule has 1 saturated carbocycles. The second-order valence-corrected chi connectivity index (χ2v) is 10.0. The highest BCUT2D eigenvalue weighted by Gasteiger charge is 2.33. The van der Waals surface area contributed by atoms with Crippen molar-refractivity contribution >= 4 is 40.9 Å². The Morgan fingerprint density at radius 3 is 2.17 bits per heavy atom. The van der Waals surface area contributed by atoms with E-state index in [9.17, 15) is 18.8 Å². The molecule has 0 spiro atoms. The summed E-state index contributed by atoms with van der Waals surface area (Å²) in [6, 6.07) is 9.78. The van der Waals surface area contributed by atoms with E-state index in [1.54, 1.807) is 23.1 Å². The molecule has 0 unspecified atom stereocenters. The number of carbonyl (C=O) groups is 3. The van der Waals surface area contributed by atoms with Crippen molar-refractivity contribution in [2.45, 2.75) is 50.6 Å². The van der Waals surface area contributed by atoms with E-state index in [-0.39, 0.29) is 35.7 Å². The molecule has 1 aliphatic heterocycles. The molecule has 0 aromatic heterocycles. The molecule has 1 saturated heterocycles. The Balaban J connectivity index is 1.37. The lowest BCUT2D eigenvalue weighted by Crippen LogP contribution is -2.55. The Morgan fingerprint density at radius 1 is 0.829 bits per heavy atom. The largest absolute Gasteiger partial charge is 0.351 e. The maximum atomic E-state index is 13.2. The average molecular weight is 520 g/mol. The maximum Gasteiger partial charge on any atom is 0.253 e. The molecular weight excluding hydrogens is 492 g/mol. The van der Waals surface area contributed by atoms with Crippen LogP contribution in [-0.2, 0) is 4.79 Å². The Labute approximate surface area is 214 Å². The lowest BCUT2D eigenvalue weighted by atomic mass is 9.88. The third-order valence-electron chi connectivity index (χ3n) is 6.76. The molecule has 2 aromatic carbocycles. The van der Waals surface area contributed by atoms with Crippen molar-refractivity contribution in [1.82, 2.24) is 15.5 Å². The van der Waals surface area contributed by atoms with Crippen molar-refractivity contribution in [3.8, 4) is 0 Å². The molecule has 1 aliphatic carbocycles. The molecule has 0 radical (unpaired) electrons. The van der Waals surface area contributed by atoms with E-state index in [0.717, 1.165) is 32.1 Å². The van der Waals surface area contributed by atoms with Gasteiger partial charge in [0.25, 0.3) is 11.8 Å². The monoisotopic (exact) mass is 519 g/mol. The molecule has 0 bridgehead atoms. The van der Waals surface area contributed by atoms with Crippen LogP contribution in [0, 0.1) is 11.7 Å². The average Bonchev–Trinajstić information content (AvgIpc) is 2.87. The highest BCUT2D eigenvalue weighted by Crippen LogP contribution is 2.26. The number of rotatable bonds is 5. The van der Waals surface area contributed by atoms with Crippen LogP contribution in [0.4, 0.5) is 4.39 Å². The zero-order valence-corrected chi connectivity index (χ0v) is 20.7. The van der Waals surface area contributed by atoms with E-state index in [1.807, 2.05) is 0 Å². The van der Waals surface area contributed by atoms with E-state index < -0.39 is 5.82 Å². The first-order valence-electron chi connectivity index (χ1n) is 11.9. The van der Waals surface area contributed by atoms with Gasteiger partial charge in [-0.2, -0.15) is 0 Å². The van der Waals surface area contributed by atoms with Crippen molar-refractivity contribution in [3.05, 3.63) is 69.5 Å². The van der Waals surface area contributed by atoms with Crippen LogP contribution in [0.3, 0.4) is 0 Å². The van der Waals surface area contributed by atoms with Crippen molar-refractivity contribution < 1.29 is 18.8 Å². The van der Waals surface area contributed by atoms with Gasteiger partial charge in [-0.25, -0.2) is 4.39 Å². The summed E-state index contributed by atoms with van der Waals surface area (Å²) >= 11 is 12.0. The summed E-state index contributed by atoms with van der Waals surface area (Å²) in [4.78, 5) is 40.5. The van der Waals surface area contributed by atoms with Gasteiger partial charge in [0, 0.05) is 36.3 Å². The molecule has 2 N–H and O–H groups in total. The van der Waals surface area contributed by atoms with Gasteiger partial charge in [0.15, 0.2) is 0 Å². The number of carbonyl (C=O) groups excluding carboxylic acids is 3. The number of halogens is 3. The summed E-state index contributed by atoms with van der Waals surface area (Å²) in [5.41, 5.74) is 0.821. The van der Waals surface area contributed by atoms with Crippen LogP contribution in [-0.4, -0.2) is 47.8 Å². The minimum atomic E-state index is -0.400. The number of likely N-dealkylation sites (tertiary alicyclic amines) is 1. The summed E-state index contributed by atoms with van der Waals surface area (Å²) in [5.74, 6) is -1.30. The van der Waals surface area contributed by atoms with Gasteiger partial charge in [-0.05, 0) is 68.1 Å². The minimum Gasteiger partial charge on any atom is -0.351 e. The SMILES string of the molecule is O=C(N[C@@H]1CCCC[C@H]1NC(=O)[C@H]1CCCN(C(=O)c2ccc(Cl)c(Cl)c2)C1)c1ccc(F)cc1. The normalized spacial score (nSPS) is 22.4. The van der Waals surface area contributed by atoms with Gasteiger partial charge in [0.2, 0.25) is 5.91 Å². The summed E-state index contributed by atoms with van der Waals surface area (Å²) < 4.78 is 13.2. The van der Waals surface area contributed by atoms with Crippen molar-refractivity contribution in [2.75, 3.05) is 13.1 Å². The van der Waals surface area contributed by atoms with Gasteiger partial charge in [0.05, 0.1) is 16.0 Å². The van der Waals surface area contributed by atoms with Crippen molar-refractivity contribution in [3.63, 3.8) is 0 Å². The van der Waals surface area contributed by atoms with Crippen LogP contribution in [0.25, 0.3) is 0 Å². The molecule has 6 nitrogen and oxygen atoms in total. The number of benzene rings is 2. The van der Waals surface area contributed by atoms with E-state index in [4.69, 9.17) is 23.2 Å². The summed E-state index contributed by atoms with van der Waals surface area (Å²) in [5, 5.41) is 6.83. The maximum absolute atomic E-state index is 13.2. The zero-order chi connectivity index (χ0) is 24.9. The van der Waals surface area contributed by atoms with Crippen LogP contribution in [0.1, 0.15) is 59.2 Å². The molecule has 186 valence electrons. The van der Waals surface area contributed by atoms with Gasteiger partial charge in [0.1, 0.15) is 5.82 Å². The van der Waals surface area contributed by atoms with Crippen LogP contribution in [0.5, 0.6) is 0 Å². The number of piperidine rings is 1. The van der Waals surface area contributed by atoms with Gasteiger partial charge in [-0.3, -0.25) is 14.4 Å². The molecule has 1 heterocycles. The predicted molar refractivity (Wildman–Crippen MR) is 133 cm³/mol. The molecule has 35 heavy (non-hydrogen) atoms. The highest BCUT2D eigenvalue weighted by molar-refractivity contribution is 6.42. The molecule has 9 heteroatoms. The summed E-state index contributed by atoms with van der Waals surface area (Å²) in [6.45, 7) is 0.896. The van der Waals surface area contributed by atoms with Crippen LogP contribution < -0.4 is 10.6 Å². The summed E-state index contributed by atoms with van der Waals surface area (Å²) in [6.07, 6.45) is 4.84. The Bertz CT molecular complexity index is 1100. The zero-order valence-electron chi connectivity index (χ0n) is 19.2. The minimum absolute atomic E-state index is 0.107. The standard InChI is InChI=1S/C26H28Cl2FN3O3/c27-20-12-9-17(14-21(20)28)26(35)32-13-3-4-18(15-32)25(34)31-23-6-2-1-5-22(23)30-24(33)16-7-10-19(29)11-8-16/h7-12,14,18,22-23H,1-6,13,15H2,(H,30,33)(H,31,34)/t18-,22+,23+/m0/s1. The molecule has 2 aliphatic rings. The molecule has 2 fully saturated rings. The fraction of sp³-hybridized carbons (Fsp3) is 0.423. The molecule has 3 atom stereocenters. The molecular formula is C26H28Cl2FN3O3. The first-order chi connectivity index (χ1) is 16.8. The number of nitrogens with one attached hydrogen (secondary N) is 2. The number of nitrogens with zero attached hydrogens (tertiary/aromatic N) is 1. The van der Waals surface area contributed by atoms with E-state index in [1.165, 1.54) is 24.3 Å². The van der Waals surface area contributed by atoms with Gasteiger partial charge < -0.3 is 15.5 Å². The van der Waals surface area contributed by atoms with E-state index in [0.29, 0.717) is 40.7 Å². The Morgan fingerprint density at radius 2 is 1.49 bits per heavy atom. The summed E-state index contributed by atoms with van der Waals surface area (Å²) in [7, 11) is 0. The highest BCUT2D eigenvalue weighted by atomic mass is 35.5. The van der Waals surface area contributed by atoms with Gasteiger partial charge >= 0.3 is 0 Å². The van der Waals surface area contributed by atoms with Crippen LogP contribution in [0.15, 0.2) is 42.5 Å². The topological polar surface area (TPSA) is 78.5 Å². The fourth-order valence-electron chi connectivity index (χ4n) is 4.82. The van der Waals surface area contributed by atoms with Crippen molar-refractivity contribution in [2.24, 2.45) is 5.92 Å². The van der Waals surface area contributed by atoms with Crippen LogP contribution >= 0.6 is 23.2 Å². The van der Waals surface area contributed by atoms with Crippen LogP contribution in [0.2, 0.25) is 10.0 Å². The number of amides is 3. The van der Waals surface area contributed by atoms with Crippen molar-refractivity contribution in [1.29, 1.82) is 0 Å². The van der Waals surface area contributed by atoms with E-state index in [2.05, 4.69) is 10.6 Å². The number of hydrogen-bond acceptors (Lipinski definition) is 3. The molecule has 4 rings (SSSR count). The molecule has 3 amide bonds. The quantitative estimate of drug-likeness (QED) is 0.592. The number of hydrogen-bond donors (Lipinski definition) is 2. The van der Waals surface area contributed by atoms with E-state index >= 15 is 0 Å². The lowest BCUT2D eigenvalue weighted by molar-refractivity contribution is -0.127. The fourth-order valence-corrected chi connectivity index (χ4v) is 5.12. The van der Waals surface area contributed by atoms with Gasteiger partial charge in [-0.15, -0.1) is 0 Å². The van der Waals surface area contributed by atoms with Gasteiger partial charge in [-0.1, -0.05) is 36.0 Å². The first-order valence-corrected chi connectivity index (χ1v) is 12.7. The Hall–Kier alpha value is -2.64. The lowest BCUT2D eigenvalue weighted by Gasteiger charge is -2.36. The first kappa shape index (κ1) is 25.5. The Kier molecular flexibility index (Phi) is 8.29. The second kappa shape index (κ2) is 11.4.